The van der Waals surface area contributed by atoms with Crippen LogP contribution in [0.1, 0.15) is 21.5 Å². The van der Waals surface area contributed by atoms with Crippen molar-refractivity contribution >= 4 is 23.4 Å². The molecule has 1 aromatic heterocycles. The maximum Gasteiger partial charge on any atom is 0.269 e. The van der Waals surface area contributed by atoms with Crippen LogP contribution in [0.5, 0.6) is 5.75 Å². The van der Waals surface area contributed by atoms with E-state index in [-0.39, 0.29) is 12.3 Å². The van der Waals surface area contributed by atoms with Crippen LogP contribution < -0.4 is 15.6 Å². The van der Waals surface area contributed by atoms with Gasteiger partial charge in [-0.1, -0.05) is 35.9 Å². The predicted octanol–water partition coefficient (Wildman–Crippen LogP) is 2.90. The van der Waals surface area contributed by atoms with E-state index in [0.29, 0.717) is 22.9 Å². The second-order valence-electron chi connectivity index (χ2n) is 7.04. The first-order valence-electron chi connectivity index (χ1n) is 9.95. The van der Waals surface area contributed by atoms with Gasteiger partial charge in [0.1, 0.15) is 18.7 Å². The summed E-state index contributed by atoms with van der Waals surface area (Å²) in [6.07, 6.45) is 1.59. The third-order valence-electron chi connectivity index (χ3n) is 4.67. The van der Waals surface area contributed by atoms with Crippen molar-refractivity contribution in [2.45, 2.75) is 13.0 Å². The first-order chi connectivity index (χ1) is 16.1. The molecule has 9 nitrogen and oxygen atoms in total. The van der Waals surface area contributed by atoms with Gasteiger partial charge in [0.05, 0.1) is 12.1 Å². The fourth-order valence-corrected chi connectivity index (χ4v) is 3.05. The Labute approximate surface area is 194 Å². The fraction of sp³-hybridized carbons (Fsp3) is 0.0870. The number of carbonyl (C=O) groups excluding carboxylic acids is 2. The summed E-state index contributed by atoms with van der Waals surface area (Å²) < 4.78 is 7.20. The molecule has 3 aromatic carbocycles. The number of nitrogens with one attached hydrogen (secondary N) is 2. The lowest BCUT2D eigenvalue weighted by molar-refractivity contribution is -0.121. The molecule has 0 aliphatic rings. The highest BCUT2D eigenvalue weighted by molar-refractivity contribution is 6.30. The highest BCUT2D eigenvalue weighted by Gasteiger charge is 2.09. The van der Waals surface area contributed by atoms with Crippen LogP contribution in [0.4, 0.5) is 0 Å². The quantitative estimate of drug-likeness (QED) is 0.408. The average molecular weight is 463 g/mol. The lowest BCUT2D eigenvalue weighted by Crippen LogP contribution is -2.42. The van der Waals surface area contributed by atoms with Crippen molar-refractivity contribution in [1.82, 2.24) is 31.1 Å². The van der Waals surface area contributed by atoms with Crippen molar-refractivity contribution in [2.75, 3.05) is 0 Å². The molecule has 2 N–H and O–H groups in total. The molecule has 0 fully saturated rings. The van der Waals surface area contributed by atoms with Crippen molar-refractivity contribution in [1.29, 1.82) is 0 Å². The van der Waals surface area contributed by atoms with E-state index < -0.39 is 5.91 Å². The van der Waals surface area contributed by atoms with E-state index in [1.54, 1.807) is 72.8 Å². The molecule has 166 valence electrons. The number of tetrazole rings is 1. The van der Waals surface area contributed by atoms with E-state index in [4.69, 9.17) is 16.3 Å². The Balaban J connectivity index is 1.23. The Bertz CT molecular complexity index is 1210. The number of benzene rings is 3. The van der Waals surface area contributed by atoms with E-state index in [1.807, 2.05) is 0 Å². The number of nitrogens with zero attached hydrogens (tertiary/aromatic N) is 4. The van der Waals surface area contributed by atoms with Crippen molar-refractivity contribution in [3.05, 3.63) is 101 Å². The molecular formula is C23H19ClN6O3. The number of ether oxygens (including phenoxy) is 1. The molecule has 4 aromatic rings. The van der Waals surface area contributed by atoms with Gasteiger partial charge in [0, 0.05) is 10.6 Å². The normalized spacial score (nSPS) is 10.5. The van der Waals surface area contributed by atoms with Gasteiger partial charge in [0.25, 0.3) is 5.91 Å². The third kappa shape index (κ3) is 6.14. The van der Waals surface area contributed by atoms with Crippen LogP contribution in [-0.2, 0) is 17.8 Å². The lowest BCUT2D eigenvalue weighted by Gasteiger charge is -2.09. The Morgan fingerprint density at radius 3 is 2.24 bits per heavy atom. The number of hydrazine groups is 1. The molecule has 0 unspecified atom stereocenters. The maximum absolute atomic E-state index is 12.3. The van der Waals surface area contributed by atoms with E-state index in [0.717, 1.165) is 16.8 Å². The molecule has 33 heavy (non-hydrogen) atoms. The molecule has 2 amide bonds. The Hall–Kier alpha value is -4.24. The summed E-state index contributed by atoms with van der Waals surface area (Å²) in [5, 5.41) is 11.6. The molecule has 0 aliphatic carbocycles. The van der Waals surface area contributed by atoms with Crippen molar-refractivity contribution in [2.24, 2.45) is 0 Å². The topological polar surface area (TPSA) is 111 Å². The maximum atomic E-state index is 12.3. The molecule has 0 saturated heterocycles. The summed E-state index contributed by atoms with van der Waals surface area (Å²) in [6.45, 7) is 0.354. The first kappa shape index (κ1) is 22.0. The van der Waals surface area contributed by atoms with E-state index in [9.17, 15) is 9.59 Å². The first-order valence-corrected chi connectivity index (χ1v) is 10.3. The molecule has 0 aliphatic heterocycles. The van der Waals surface area contributed by atoms with Crippen molar-refractivity contribution < 1.29 is 14.3 Å². The largest absolute Gasteiger partial charge is 0.489 e. The zero-order valence-corrected chi connectivity index (χ0v) is 18.1. The predicted molar refractivity (Wildman–Crippen MR) is 121 cm³/mol. The highest BCUT2D eigenvalue weighted by atomic mass is 35.5. The Morgan fingerprint density at radius 1 is 0.879 bits per heavy atom. The zero-order chi connectivity index (χ0) is 23.0. The minimum absolute atomic E-state index is 0.108. The minimum Gasteiger partial charge on any atom is -0.489 e. The monoisotopic (exact) mass is 462 g/mol. The lowest BCUT2D eigenvalue weighted by atomic mass is 10.1. The Kier molecular flexibility index (Phi) is 6.91. The standard InChI is InChI=1S/C23H19ClN6O3/c24-19-7-11-21(12-8-19)33-14-17-1-5-18(6-2-17)23(32)27-26-22(31)13-16-3-9-20(10-4-16)30-15-25-28-29-30/h1-12,15H,13-14H2,(H,26,31)(H,27,32). The molecule has 0 saturated carbocycles. The van der Waals surface area contributed by atoms with Crippen LogP contribution in [0.2, 0.25) is 5.02 Å². The van der Waals surface area contributed by atoms with E-state index in [2.05, 4.69) is 26.4 Å². The second kappa shape index (κ2) is 10.4. The number of halogens is 1. The molecule has 1 heterocycles. The van der Waals surface area contributed by atoms with Gasteiger partial charge in [-0.2, -0.15) is 0 Å². The van der Waals surface area contributed by atoms with Gasteiger partial charge in [0.2, 0.25) is 5.91 Å². The van der Waals surface area contributed by atoms with Gasteiger partial charge < -0.3 is 4.74 Å². The van der Waals surface area contributed by atoms with Crippen LogP contribution in [-0.4, -0.2) is 32.0 Å². The molecule has 0 spiro atoms. The summed E-state index contributed by atoms with van der Waals surface area (Å²) in [6, 6.07) is 21.2. The average Bonchev–Trinajstić information content (AvgIpc) is 3.38. The van der Waals surface area contributed by atoms with Gasteiger partial charge in [-0.15, -0.1) is 5.10 Å². The molecule has 0 atom stereocenters. The number of rotatable bonds is 7. The molecule has 0 bridgehead atoms. The second-order valence-corrected chi connectivity index (χ2v) is 7.48. The molecule has 10 heteroatoms. The number of aromatic nitrogens is 4. The summed E-state index contributed by atoms with van der Waals surface area (Å²) in [5.41, 5.74) is 7.72. The molecule has 4 rings (SSSR count). The SMILES string of the molecule is O=C(Cc1ccc(-n2cnnn2)cc1)NNC(=O)c1ccc(COc2ccc(Cl)cc2)cc1. The number of carbonyl (C=O) groups is 2. The summed E-state index contributed by atoms with van der Waals surface area (Å²) >= 11 is 5.86. The number of hydrogen-bond acceptors (Lipinski definition) is 6. The van der Waals surface area contributed by atoms with E-state index in [1.165, 1.54) is 11.0 Å². The highest BCUT2D eigenvalue weighted by Crippen LogP contribution is 2.17. The van der Waals surface area contributed by atoms with Gasteiger partial charge in [0.15, 0.2) is 0 Å². The summed E-state index contributed by atoms with van der Waals surface area (Å²) in [4.78, 5) is 24.5. The molecule has 0 radical (unpaired) electrons. The summed E-state index contributed by atoms with van der Waals surface area (Å²) in [7, 11) is 0. The van der Waals surface area contributed by atoms with Crippen LogP contribution in [0, 0.1) is 0 Å². The van der Waals surface area contributed by atoms with E-state index >= 15 is 0 Å². The Morgan fingerprint density at radius 2 is 1.58 bits per heavy atom. The third-order valence-corrected chi connectivity index (χ3v) is 4.92. The van der Waals surface area contributed by atoms with Crippen LogP contribution in [0.3, 0.4) is 0 Å². The smallest absolute Gasteiger partial charge is 0.269 e. The van der Waals surface area contributed by atoms with Gasteiger partial charge in [-0.05, 0) is 70.1 Å². The summed E-state index contributed by atoms with van der Waals surface area (Å²) in [5.74, 6) is -0.0527. The van der Waals surface area contributed by atoms with Gasteiger partial charge in [-0.25, -0.2) is 4.68 Å². The van der Waals surface area contributed by atoms with Gasteiger partial charge in [-0.3, -0.25) is 20.4 Å². The van der Waals surface area contributed by atoms with Gasteiger partial charge >= 0.3 is 0 Å². The van der Waals surface area contributed by atoms with Crippen molar-refractivity contribution in [3.63, 3.8) is 0 Å². The van der Waals surface area contributed by atoms with Crippen LogP contribution >= 0.6 is 11.6 Å². The zero-order valence-electron chi connectivity index (χ0n) is 17.3. The van der Waals surface area contributed by atoms with Crippen molar-refractivity contribution in [3.8, 4) is 11.4 Å². The minimum atomic E-state index is -0.414. The fourth-order valence-electron chi connectivity index (χ4n) is 2.92. The molecular weight excluding hydrogens is 444 g/mol. The van der Waals surface area contributed by atoms with Crippen LogP contribution in [0.25, 0.3) is 5.69 Å². The van der Waals surface area contributed by atoms with Crippen LogP contribution in [0.15, 0.2) is 79.1 Å². The number of amides is 2. The number of hydrogen-bond donors (Lipinski definition) is 2.